The molecule has 1 N–H and O–H groups in total. The molecule has 28 heavy (non-hydrogen) atoms. The van der Waals surface area contributed by atoms with Gasteiger partial charge in [-0.2, -0.15) is 0 Å². The molecule has 1 amide bonds. The largest absolute Gasteiger partial charge is 0.351 e. The van der Waals surface area contributed by atoms with E-state index in [-0.39, 0.29) is 5.91 Å². The van der Waals surface area contributed by atoms with Gasteiger partial charge in [-0.25, -0.2) is 4.98 Å². The number of aromatic nitrogens is 1. The van der Waals surface area contributed by atoms with Gasteiger partial charge in [0.2, 0.25) is 5.91 Å². The van der Waals surface area contributed by atoms with E-state index in [1.54, 1.807) is 18.4 Å². The summed E-state index contributed by atoms with van der Waals surface area (Å²) in [5.74, 6) is 1.01. The first-order chi connectivity index (χ1) is 13.5. The third-order valence-electron chi connectivity index (χ3n) is 4.79. The van der Waals surface area contributed by atoms with E-state index in [0.29, 0.717) is 24.5 Å². The Hall–Kier alpha value is -2.12. The van der Waals surface area contributed by atoms with Crippen LogP contribution in [0.4, 0.5) is 0 Å². The number of piperazine rings is 1. The van der Waals surface area contributed by atoms with Crippen LogP contribution < -0.4 is 5.32 Å². The normalized spacial score (nSPS) is 15.1. The third-order valence-corrected chi connectivity index (χ3v) is 6.10. The van der Waals surface area contributed by atoms with Crippen molar-refractivity contribution in [2.45, 2.75) is 26.8 Å². The smallest absolute Gasteiger partial charge is 0.227 e. The van der Waals surface area contributed by atoms with Crippen LogP contribution in [0.5, 0.6) is 0 Å². The number of nitrogens with zero attached hydrogens (tertiary/aromatic N) is 4. The summed E-state index contributed by atoms with van der Waals surface area (Å²) in [7, 11) is 1.80. The number of thiazole rings is 1. The molecule has 1 aliphatic heterocycles. The van der Waals surface area contributed by atoms with Gasteiger partial charge in [0, 0.05) is 43.1 Å². The first kappa shape index (κ1) is 20.6. The highest BCUT2D eigenvalue weighted by molar-refractivity contribution is 7.11. The van der Waals surface area contributed by atoms with Gasteiger partial charge in [-0.15, -0.1) is 11.3 Å². The van der Waals surface area contributed by atoms with E-state index in [0.717, 1.165) is 41.9 Å². The van der Waals surface area contributed by atoms with Gasteiger partial charge >= 0.3 is 0 Å². The maximum atomic E-state index is 12.6. The Kier molecular flexibility index (Phi) is 6.91. The Morgan fingerprint density at radius 2 is 1.96 bits per heavy atom. The maximum absolute atomic E-state index is 12.6. The van der Waals surface area contributed by atoms with Crippen molar-refractivity contribution in [2.75, 3.05) is 33.2 Å². The van der Waals surface area contributed by atoms with Gasteiger partial charge < -0.3 is 15.1 Å². The highest BCUT2D eigenvalue weighted by atomic mass is 35.5. The van der Waals surface area contributed by atoms with E-state index in [9.17, 15) is 4.79 Å². The summed E-state index contributed by atoms with van der Waals surface area (Å²) in [6, 6.07) is 7.49. The first-order valence-corrected chi connectivity index (χ1v) is 10.6. The van der Waals surface area contributed by atoms with Crippen LogP contribution in [0.15, 0.2) is 29.3 Å². The minimum absolute atomic E-state index is 0.139. The number of carbonyl (C=O) groups is 1. The van der Waals surface area contributed by atoms with Gasteiger partial charge in [0.1, 0.15) is 0 Å². The highest BCUT2D eigenvalue weighted by Gasteiger charge is 2.23. The van der Waals surface area contributed by atoms with Crippen molar-refractivity contribution in [2.24, 2.45) is 4.99 Å². The van der Waals surface area contributed by atoms with Gasteiger partial charge in [-0.3, -0.25) is 9.79 Å². The molecule has 1 fully saturated rings. The van der Waals surface area contributed by atoms with E-state index < -0.39 is 0 Å². The Morgan fingerprint density at radius 1 is 1.25 bits per heavy atom. The monoisotopic (exact) mass is 419 g/mol. The number of halogens is 1. The lowest BCUT2D eigenvalue weighted by Crippen LogP contribution is -2.53. The lowest BCUT2D eigenvalue weighted by Gasteiger charge is -2.36. The fraction of sp³-hybridized carbons (Fsp3) is 0.450. The number of rotatable bonds is 4. The van der Waals surface area contributed by atoms with Gasteiger partial charge in [0.05, 0.1) is 23.7 Å². The summed E-state index contributed by atoms with van der Waals surface area (Å²) in [4.78, 5) is 26.8. The SMILES string of the molecule is CN=C(NCc1sc(C)nc1C)N1CCN(C(=O)Cc2cccc(Cl)c2)CC1. The van der Waals surface area contributed by atoms with E-state index in [1.165, 1.54) is 4.88 Å². The van der Waals surface area contributed by atoms with Crippen molar-refractivity contribution >= 4 is 34.8 Å². The summed E-state index contributed by atoms with van der Waals surface area (Å²) in [5, 5.41) is 5.17. The van der Waals surface area contributed by atoms with Crippen molar-refractivity contribution in [1.82, 2.24) is 20.1 Å². The van der Waals surface area contributed by atoms with Gasteiger partial charge in [0.15, 0.2) is 5.96 Å². The lowest BCUT2D eigenvalue weighted by atomic mass is 10.1. The molecule has 3 rings (SSSR count). The summed E-state index contributed by atoms with van der Waals surface area (Å²) in [5.41, 5.74) is 2.02. The molecule has 0 saturated carbocycles. The summed E-state index contributed by atoms with van der Waals surface area (Å²) in [6.45, 7) is 7.70. The van der Waals surface area contributed by atoms with Crippen LogP contribution >= 0.6 is 22.9 Å². The van der Waals surface area contributed by atoms with Gasteiger partial charge in [-0.05, 0) is 31.5 Å². The molecule has 0 unspecified atom stereocenters. The number of benzene rings is 1. The lowest BCUT2D eigenvalue weighted by molar-refractivity contribution is -0.131. The summed E-state index contributed by atoms with van der Waals surface area (Å²) in [6.07, 6.45) is 0.386. The Balaban J connectivity index is 1.50. The Bertz CT molecular complexity index is 858. The number of guanidine groups is 1. The molecule has 0 spiro atoms. The zero-order chi connectivity index (χ0) is 20.1. The Morgan fingerprint density at radius 3 is 2.57 bits per heavy atom. The van der Waals surface area contributed by atoms with Crippen molar-refractivity contribution in [3.05, 3.63) is 50.4 Å². The van der Waals surface area contributed by atoms with E-state index in [2.05, 4.69) is 20.2 Å². The van der Waals surface area contributed by atoms with Crippen molar-refractivity contribution in [3.8, 4) is 0 Å². The van der Waals surface area contributed by atoms with Gasteiger partial charge in [-0.1, -0.05) is 23.7 Å². The molecule has 0 atom stereocenters. The average molecular weight is 420 g/mol. The fourth-order valence-electron chi connectivity index (χ4n) is 3.33. The van der Waals surface area contributed by atoms with Crippen LogP contribution in [-0.4, -0.2) is 59.9 Å². The van der Waals surface area contributed by atoms with Crippen LogP contribution in [0.25, 0.3) is 0 Å². The zero-order valence-corrected chi connectivity index (χ0v) is 18.1. The number of aliphatic imine (C=N–C) groups is 1. The van der Waals surface area contributed by atoms with Crippen LogP contribution in [0.1, 0.15) is 21.1 Å². The number of nitrogens with one attached hydrogen (secondary N) is 1. The second-order valence-corrected chi connectivity index (χ2v) is 8.54. The summed E-state index contributed by atoms with van der Waals surface area (Å²) >= 11 is 7.72. The van der Waals surface area contributed by atoms with E-state index in [1.807, 2.05) is 43.0 Å². The number of amides is 1. The molecule has 0 aliphatic carbocycles. The predicted octanol–water partition coefficient (Wildman–Crippen LogP) is 2.88. The Labute approximate surface area is 175 Å². The number of hydrogen-bond acceptors (Lipinski definition) is 4. The fourth-order valence-corrected chi connectivity index (χ4v) is 4.42. The third kappa shape index (κ3) is 5.23. The number of aryl methyl sites for hydroxylation is 2. The molecule has 2 heterocycles. The molecular weight excluding hydrogens is 394 g/mol. The molecule has 150 valence electrons. The quantitative estimate of drug-likeness (QED) is 0.611. The summed E-state index contributed by atoms with van der Waals surface area (Å²) < 4.78 is 0. The second-order valence-electron chi connectivity index (χ2n) is 6.82. The molecule has 0 bridgehead atoms. The standard InChI is InChI=1S/C20H26ClN5OS/c1-14-18(28-15(2)24-14)13-23-20(22-3)26-9-7-25(8-10-26)19(27)12-16-5-4-6-17(21)11-16/h4-6,11H,7-10,12-13H2,1-3H3,(H,22,23). The zero-order valence-electron chi connectivity index (χ0n) is 16.5. The molecule has 1 aromatic heterocycles. The van der Waals surface area contributed by atoms with Crippen molar-refractivity contribution < 1.29 is 4.79 Å². The minimum Gasteiger partial charge on any atom is -0.351 e. The highest BCUT2D eigenvalue weighted by Crippen LogP contribution is 2.17. The minimum atomic E-state index is 0.139. The molecule has 0 radical (unpaired) electrons. The molecule has 8 heteroatoms. The predicted molar refractivity (Wildman–Crippen MR) is 115 cm³/mol. The van der Waals surface area contributed by atoms with E-state index >= 15 is 0 Å². The second kappa shape index (κ2) is 9.39. The molecule has 2 aromatic rings. The molecule has 6 nitrogen and oxygen atoms in total. The van der Waals surface area contributed by atoms with Crippen molar-refractivity contribution in [1.29, 1.82) is 0 Å². The molecule has 1 aromatic carbocycles. The molecular formula is C20H26ClN5OS. The topological polar surface area (TPSA) is 60.8 Å². The van der Waals surface area contributed by atoms with E-state index in [4.69, 9.17) is 11.6 Å². The average Bonchev–Trinajstić information content (AvgIpc) is 3.00. The van der Waals surface area contributed by atoms with Gasteiger partial charge in [0.25, 0.3) is 0 Å². The van der Waals surface area contributed by atoms with Crippen LogP contribution in [0, 0.1) is 13.8 Å². The van der Waals surface area contributed by atoms with Crippen LogP contribution in [0.2, 0.25) is 5.02 Å². The van der Waals surface area contributed by atoms with Crippen LogP contribution in [-0.2, 0) is 17.8 Å². The van der Waals surface area contributed by atoms with Crippen LogP contribution in [0.3, 0.4) is 0 Å². The van der Waals surface area contributed by atoms with Crippen molar-refractivity contribution in [3.63, 3.8) is 0 Å². The maximum Gasteiger partial charge on any atom is 0.227 e. The molecule has 1 saturated heterocycles. The molecule has 1 aliphatic rings. The number of hydrogen-bond donors (Lipinski definition) is 1. The number of carbonyl (C=O) groups excluding carboxylic acids is 1. The first-order valence-electron chi connectivity index (χ1n) is 9.37.